The lowest BCUT2D eigenvalue weighted by Crippen LogP contribution is -2.31. The van der Waals surface area contributed by atoms with Crippen LogP contribution in [0.4, 0.5) is 0 Å². The molecule has 32 heavy (non-hydrogen) atoms. The lowest BCUT2D eigenvalue weighted by Gasteiger charge is -2.25. The Bertz CT molecular complexity index is 996. The van der Waals surface area contributed by atoms with Crippen LogP contribution in [-0.2, 0) is 14.3 Å². The number of ether oxygens (including phenoxy) is 3. The van der Waals surface area contributed by atoms with E-state index in [1.165, 1.54) is 12.0 Å². The van der Waals surface area contributed by atoms with Crippen molar-refractivity contribution in [3.05, 3.63) is 65.2 Å². The molecule has 1 aliphatic heterocycles. The van der Waals surface area contributed by atoms with Crippen LogP contribution in [0, 0.1) is 0 Å². The van der Waals surface area contributed by atoms with E-state index in [1.54, 1.807) is 55.6 Å². The van der Waals surface area contributed by atoms with E-state index in [-0.39, 0.29) is 17.4 Å². The average molecular weight is 440 g/mol. The monoisotopic (exact) mass is 439 g/mol. The van der Waals surface area contributed by atoms with Gasteiger partial charge >= 0.3 is 0 Å². The van der Waals surface area contributed by atoms with Gasteiger partial charge in [-0.05, 0) is 50.1 Å². The number of amides is 1. The number of nitrogens with zero attached hydrogens (tertiary/aromatic N) is 1. The largest absolute Gasteiger partial charge is 0.507 e. The van der Waals surface area contributed by atoms with Crippen LogP contribution in [0.25, 0.3) is 5.76 Å². The van der Waals surface area contributed by atoms with Gasteiger partial charge in [0, 0.05) is 18.7 Å². The summed E-state index contributed by atoms with van der Waals surface area (Å²) in [6.07, 6.45) is 0.646. The number of methoxy groups -OCH3 is 2. The minimum absolute atomic E-state index is 0.0539. The fourth-order valence-electron chi connectivity index (χ4n) is 3.72. The van der Waals surface area contributed by atoms with Gasteiger partial charge in [-0.1, -0.05) is 24.3 Å². The number of rotatable bonds is 9. The first kappa shape index (κ1) is 23.3. The number of hydrogen-bond donors (Lipinski definition) is 1. The fraction of sp³-hybridized carbons (Fsp3) is 0.360. The first-order valence-electron chi connectivity index (χ1n) is 10.6. The molecule has 1 fully saturated rings. The Morgan fingerprint density at radius 1 is 1.03 bits per heavy atom. The molecule has 1 atom stereocenters. The number of hydrogen-bond acceptors (Lipinski definition) is 6. The molecular weight excluding hydrogens is 410 g/mol. The van der Waals surface area contributed by atoms with Crippen molar-refractivity contribution in [2.45, 2.75) is 32.4 Å². The van der Waals surface area contributed by atoms with E-state index in [4.69, 9.17) is 14.2 Å². The normalized spacial score (nSPS) is 17.8. The number of likely N-dealkylation sites (tertiary alicyclic amines) is 1. The van der Waals surface area contributed by atoms with E-state index in [0.29, 0.717) is 42.2 Å². The summed E-state index contributed by atoms with van der Waals surface area (Å²) in [6, 6.07) is 13.2. The molecule has 0 aromatic heterocycles. The summed E-state index contributed by atoms with van der Waals surface area (Å²) >= 11 is 0. The first-order valence-corrected chi connectivity index (χ1v) is 10.6. The molecule has 0 unspecified atom stereocenters. The average Bonchev–Trinajstić information content (AvgIpc) is 3.06. The van der Waals surface area contributed by atoms with Crippen LogP contribution in [0.3, 0.4) is 0 Å². The lowest BCUT2D eigenvalue weighted by molar-refractivity contribution is -0.140. The molecule has 1 heterocycles. The van der Waals surface area contributed by atoms with Gasteiger partial charge in [0.05, 0.1) is 31.9 Å². The van der Waals surface area contributed by atoms with Gasteiger partial charge in [-0.3, -0.25) is 9.59 Å². The number of carbonyl (C=O) groups excluding carboxylic acids is 2. The Hall–Kier alpha value is -3.32. The molecule has 2 aromatic rings. The third kappa shape index (κ3) is 4.94. The number of aliphatic hydroxyl groups excluding tert-OH is 1. The maximum absolute atomic E-state index is 13.0. The van der Waals surface area contributed by atoms with Gasteiger partial charge in [-0.25, -0.2) is 0 Å². The summed E-state index contributed by atoms with van der Waals surface area (Å²) < 4.78 is 16.1. The molecule has 7 nitrogen and oxygen atoms in total. The molecule has 0 saturated carbocycles. The maximum atomic E-state index is 13.0. The van der Waals surface area contributed by atoms with E-state index < -0.39 is 17.7 Å². The van der Waals surface area contributed by atoms with Crippen LogP contribution in [0.2, 0.25) is 0 Å². The Labute approximate surface area is 188 Å². The van der Waals surface area contributed by atoms with Crippen LogP contribution in [0.1, 0.15) is 37.4 Å². The highest BCUT2D eigenvalue weighted by Crippen LogP contribution is 2.40. The van der Waals surface area contributed by atoms with Gasteiger partial charge in [-0.2, -0.15) is 0 Å². The van der Waals surface area contributed by atoms with Crippen molar-refractivity contribution < 1.29 is 28.9 Å². The third-order valence-electron chi connectivity index (χ3n) is 5.31. The summed E-state index contributed by atoms with van der Waals surface area (Å²) in [7, 11) is 3.09. The number of ketones is 1. The molecule has 0 aliphatic carbocycles. The van der Waals surface area contributed by atoms with Crippen molar-refractivity contribution in [2.24, 2.45) is 0 Å². The molecule has 0 radical (unpaired) electrons. The number of carbonyl (C=O) groups is 2. The summed E-state index contributed by atoms with van der Waals surface area (Å²) in [6.45, 7) is 4.67. The quantitative estimate of drug-likeness (QED) is 0.276. The van der Waals surface area contributed by atoms with Crippen molar-refractivity contribution in [1.82, 2.24) is 4.90 Å². The Morgan fingerprint density at radius 2 is 1.72 bits per heavy atom. The summed E-state index contributed by atoms with van der Waals surface area (Å²) in [5.41, 5.74) is 1.17. The molecule has 1 N–H and O–H groups in total. The van der Waals surface area contributed by atoms with Crippen molar-refractivity contribution in [3.8, 4) is 11.5 Å². The number of aliphatic hydroxyl groups is 1. The second kappa shape index (κ2) is 10.3. The highest BCUT2D eigenvalue weighted by Gasteiger charge is 2.45. The Kier molecular flexibility index (Phi) is 7.53. The molecule has 170 valence electrons. The number of benzene rings is 2. The topological polar surface area (TPSA) is 85.3 Å². The van der Waals surface area contributed by atoms with E-state index in [0.717, 1.165) is 0 Å². The summed E-state index contributed by atoms with van der Waals surface area (Å²) in [5.74, 6) is -0.390. The van der Waals surface area contributed by atoms with Crippen LogP contribution in [0.15, 0.2) is 54.1 Å². The summed E-state index contributed by atoms with van der Waals surface area (Å²) in [4.78, 5) is 27.5. The fourth-order valence-corrected chi connectivity index (χ4v) is 3.72. The van der Waals surface area contributed by atoms with Gasteiger partial charge in [0.1, 0.15) is 17.3 Å². The van der Waals surface area contributed by atoms with Crippen molar-refractivity contribution >= 4 is 17.4 Å². The second-order valence-corrected chi connectivity index (χ2v) is 7.77. The first-order chi connectivity index (χ1) is 15.4. The van der Waals surface area contributed by atoms with Crippen molar-refractivity contribution in [2.75, 3.05) is 27.4 Å². The van der Waals surface area contributed by atoms with Crippen LogP contribution in [-0.4, -0.2) is 55.2 Å². The van der Waals surface area contributed by atoms with Crippen LogP contribution >= 0.6 is 0 Å². The van der Waals surface area contributed by atoms with Gasteiger partial charge in [0.15, 0.2) is 0 Å². The second-order valence-electron chi connectivity index (χ2n) is 7.77. The van der Waals surface area contributed by atoms with E-state index in [2.05, 4.69) is 0 Å². The molecule has 3 rings (SSSR count). The minimum Gasteiger partial charge on any atom is -0.507 e. The van der Waals surface area contributed by atoms with Gasteiger partial charge in [0.2, 0.25) is 0 Å². The number of Topliss-reactive ketones (excluding diaryl/α,β-unsaturated/α-hetero) is 1. The van der Waals surface area contributed by atoms with Gasteiger partial charge in [-0.15, -0.1) is 0 Å². The van der Waals surface area contributed by atoms with Gasteiger partial charge in [0.25, 0.3) is 11.7 Å². The van der Waals surface area contributed by atoms with E-state index >= 15 is 0 Å². The zero-order chi connectivity index (χ0) is 23.3. The highest BCUT2D eigenvalue weighted by atomic mass is 16.5. The minimum atomic E-state index is -0.717. The van der Waals surface area contributed by atoms with Crippen molar-refractivity contribution in [1.29, 1.82) is 0 Å². The van der Waals surface area contributed by atoms with E-state index in [9.17, 15) is 14.7 Å². The Morgan fingerprint density at radius 3 is 2.34 bits per heavy atom. The third-order valence-corrected chi connectivity index (χ3v) is 5.31. The maximum Gasteiger partial charge on any atom is 0.295 e. The molecule has 0 bridgehead atoms. The predicted molar refractivity (Wildman–Crippen MR) is 121 cm³/mol. The SMILES string of the molecule is COc1ccc([C@H]2C(=C(O)c3cccc(OC)c3)C(=O)C(=O)N2CCCOC(C)C)cc1. The lowest BCUT2D eigenvalue weighted by atomic mass is 9.95. The summed E-state index contributed by atoms with van der Waals surface area (Å²) in [5, 5.41) is 11.1. The van der Waals surface area contributed by atoms with E-state index in [1.807, 2.05) is 13.8 Å². The van der Waals surface area contributed by atoms with Gasteiger partial charge < -0.3 is 24.2 Å². The molecule has 7 heteroatoms. The highest BCUT2D eigenvalue weighted by molar-refractivity contribution is 6.46. The van der Waals surface area contributed by atoms with Crippen LogP contribution in [0.5, 0.6) is 11.5 Å². The zero-order valence-corrected chi connectivity index (χ0v) is 18.8. The Balaban J connectivity index is 2.04. The molecule has 2 aromatic carbocycles. The molecule has 1 saturated heterocycles. The van der Waals surface area contributed by atoms with Crippen molar-refractivity contribution in [3.63, 3.8) is 0 Å². The molecule has 1 amide bonds. The smallest absolute Gasteiger partial charge is 0.295 e. The molecule has 1 aliphatic rings. The molecule has 0 spiro atoms. The van der Waals surface area contributed by atoms with Crippen LogP contribution < -0.4 is 9.47 Å². The standard InChI is InChI=1S/C25H29NO6/c1-16(2)32-14-6-13-26-22(17-9-11-19(30-3)12-10-17)21(24(28)25(26)29)23(27)18-7-5-8-20(15-18)31-4/h5,7-12,15-16,22,27H,6,13-14H2,1-4H3/t22-/m0/s1. The predicted octanol–water partition coefficient (Wildman–Crippen LogP) is 3.94. The zero-order valence-electron chi connectivity index (χ0n) is 18.8. The molecular formula is C25H29NO6.